The van der Waals surface area contributed by atoms with Gasteiger partial charge in [0.15, 0.2) is 6.04 Å². The third-order valence-electron chi connectivity index (χ3n) is 2.98. The number of thiazole rings is 1. The predicted octanol–water partition coefficient (Wildman–Crippen LogP) is 1.82. The van der Waals surface area contributed by atoms with Crippen LogP contribution in [-0.2, 0) is 14.3 Å². The van der Waals surface area contributed by atoms with E-state index < -0.39 is 6.04 Å². The number of nitrogens with zero attached hydrogens (tertiary/aromatic N) is 1. The lowest BCUT2D eigenvalue weighted by Gasteiger charge is -2.17. The number of aromatic nitrogens is 1. The number of carbonyl (C=O) groups is 1. The zero-order valence-corrected chi connectivity index (χ0v) is 12.2. The van der Waals surface area contributed by atoms with Crippen molar-refractivity contribution < 1.29 is 14.3 Å². The highest BCUT2D eigenvalue weighted by molar-refractivity contribution is 7.09. The van der Waals surface area contributed by atoms with Crippen LogP contribution < -0.4 is 5.32 Å². The normalized spacial score (nSPS) is 20.4. The number of aryl methyl sites for hydroxylation is 1. The van der Waals surface area contributed by atoms with E-state index in [9.17, 15) is 4.79 Å². The number of esters is 1. The molecule has 0 radical (unpaired) electrons. The monoisotopic (exact) mass is 284 g/mol. The summed E-state index contributed by atoms with van der Waals surface area (Å²) in [5.74, 6) is -0.269. The van der Waals surface area contributed by atoms with Gasteiger partial charge in [-0.2, -0.15) is 0 Å². The lowest BCUT2D eigenvalue weighted by molar-refractivity contribution is -0.146. The van der Waals surface area contributed by atoms with Crippen molar-refractivity contribution in [2.45, 2.75) is 38.8 Å². The van der Waals surface area contributed by atoms with Crippen LogP contribution in [0.1, 0.15) is 36.5 Å². The second-order valence-corrected chi connectivity index (χ2v) is 5.45. The second kappa shape index (κ2) is 6.98. The SMILES string of the molecule is CCOC(=O)C(NCC1CCCO1)c1nc(C)cs1. The van der Waals surface area contributed by atoms with Crippen LogP contribution in [0.5, 0.6) is 0 Å². The first-order chi connectivity index (χ1) is 9.20. The number of nitrogens with one attached hydrogen (secondary N) is 1. The standard InChI is InChI=1S/C13H20N2O3S/c1-3-17-13(16)11(12-15-9(2)8-19-12)14-7-10-5-4-6-18-10/h8,10-11,14H,3-7H2,1-2H3. The van der Waals surface area contributed by atoms with Crippen molar-refractivity contribution in [3.63, 3.8) is 0 Å². The fourth-order valence-corrected chi connectivity index (χ4v) is 2.91. The molecule has 0 spiro atoms. The predicted molar refractivity (Wildman–Crippen MR) is 73.2 cm³/mol. The summed E-state index contributed by atoms with van der Waals surface area (Å²) in [5.41, 5.74) is 0.924. The number of ether oxygens (including phenoxy) is 2. The molecule has 1 aromatic heterocycles. The summed E-state index contributed by atoms with van der Waals surface area (Å²) in [5, 5.41) is 5.92. The molecule has 1 aliphatic rings. The average Bonchev–Trinajstić information content (AvgIpc) is 3.02. The van der Waals surface area contributed by atoms with Gasteiger partial charge in [0.1, 0.15) is 5.01 Å². The molecular weight excluding hydrogens is 264 g/mol. The maximum Gasteiger partial charge on any atom is 0.330 e. The summed E-state index contributed by atoms with van der Waals surface area (Å²) in [6, 6.07) is -0.483. The molecular formula is C13H20N2O3S. The molecule has 19 heavy (non-hydrogen) atoms. The first kappa shape index (κ1) is 14.4. The molecule has 6 heteroatoms. The van der Waals surface area contributed by atoms with Gasteiger partial charge in [0.05, 0.1) is 12.7 Å². The molecule has 1 saturated heterocycles. The summed E-state index contributed by atoms with van der Waals surface area (Å²) in [6.07, 6.45) is 2.32. The van der Waals surface area contributed by atoms with Crippen molar-refractivity contribution in [1.29, 1.82) is 0 Å². The van der Waals surface area contributed by atoms with Gasteiger partial charge < -0.3 is 9.47 Å². The Kier molecular flexibility index (Phi) is 5.30. The Morgan fingerprint density at radius 2 is 2.58 bits per heavy atom. The lowest BCUT2D eigenvalue weighted by atomic mass is 10.2. The van der Waals surface area contributed by atoms with E-state index in [1.165, 1.54) is 11.3 Å². The van der Waals surface area contributed by atoms with Crippen LogP contribution in [-0.4, -0.2) is 36.8 Å². The lowest BCUT2D eigenvalue weighted by Crippen LogP contribution is -2.35. The molecule has 0 saturated carbocycles. The van der Waals surface area contributed by atoms with Crippen LogP contribution >= 0.6 is 11.3 Å². The highest BCUT2D eigenvalue weighted by atomic mass is 32.1. The van der Waals surface area contributed by atoms with E-state index in [-0.39, 0.29) is 12.1 Å². The van der Waals surface area contributed by atoms with E-state index in [1.54, 1.807) is 0 Å². The molecule has 2 heterocycles. The Labute approximate surface area is 117 Å². The van der Waals surface area contributed by atoms with E-state index in [1.807, 2.05) is 19.2 Å². The van der Waals surface area contributed by atoms with Gasteiger partial charge >= 0.3 is 5.97 Å². The summed E-state index contributed by atoms with van der Waals surface area (Å²) >= 11 is 1.48. The maximum absolute atomic E-state index is 12.0. The van der Waals surface area contributed by atoms with Crippen LogP contribution in [0.15, 0.2) is 5.38 Å². The zero-order chi connectivity index (χ0) is 13.7. The minimum Gasteiger partial charge on any atom is -0.465 e. The number of rotatable bonds is 6. The summed E-state index contributed by atoms with van der Waals surface area (Å²) in [4.78, 5) is 16.4. The molecule has 2 rings (SSSR count). The molecule has 106 valence electrons. The minimum atomic E-state index is -0.483. The Bertz CT molecular complexity index is 416. The fraction of sp³-hybridized carbons (Fsp3) is 0.692. The van der Waals surface area contributed by atoms with Crippen LogP contribution in [0, 0.1) is 6.92 Å². The Morgan fingerprint density at radius 3 is 3.16 bits per heavy atom. The van der Waals surface area contributed by atoms with E-state index in [2.05, 4.69) is 10.3 Å². The topological polar surface area (TPSA) is 60.5 Å². The number of hydrogen-bond acceptors (Lipinski definition) is 6. The highest BCUT2D eigenvalue weighted by Gasteiger charge is 2.26. The van der Waals surface area contributed by atoms with E-state index in [4.69, 9.17) is 9.47 Å². The van der Waals surface area contributed by atoms with E-state index >= 15 is 0 Å². The fourth-order valence-electron chi connectivity index (χ4n) is 2.06. The van der Waals surface area contributed by atoms with Crippen molar-refractivity contribution >= 4 is 17.3 Å². The van der Waals surface area contributed by atoms with E-state index in [0.29, 0.717) is 13.2 Å². The first-order valence-electron chi connectivity index (χ1n) is 6.64. The van der Waals surface area contributed by atoms with Gasteiger partial charge in [-0.05, 0) is 26.7 Å². The third-order valence-corrected chi connectivity index (χ3v) is 4.01. The summed E-state index contributed by atoms with van der Waals surface area (Å²) < 4.78 is 10.7. The summed E-state index contributed by atoms with van der Waals surface area (Å²) in [6.45, 7) is 5.57. The van der Waals surface area contributed by atoms with Crippen molar-refractivity contribution in [1.82, 2.24) is 10.3 Å². The zero-order valence-electron chi connectivity index (χ0n) is 11.3. The molecule has 1 N–H and O–H groups in total. The van der Waals surface area contributed by atoms with Crippen molar-refractivity contribution in [3.8, 4) is 0 Å². The molecule has 0 aliphatic carbocycles. The quantitative estimate of drug-likeness (QED) is 0.808. The molecule has 1 aliphatic heterocycles. The smallest absolute Gasteiger partial charge is 0.330 e. The molecule has 1 aromatic rings. The van der Waals surface area contributed by atoms with Crippen molar-refractivity contribution in [3.05, 3.63) is 16.1 Å². The highest BCUT2D eigenvalue weighted by Crippen LogP contribution is 2.20. The Hall–Kier alpha value is -0.980. The van der Waals surface area contributed by atoms with Crippen LogP contribution in [0.4, 0.5) is 0 Å². The van der Waals surface area contributed by atoms with Gasteiger partial charge in [-0.25, -0.2) is 9.78 Å². The van der Waals surface area contributed by atoms with Gasteiger partial charge in [-0.1, -0.05) is 0 Å². The average molecular weight is 284 g/mol. The van der Waals surface area contributed by atoms with Gasteiger partial charge in [-0.3, -0.25) is 5.32 Å². The molecule has 0 aromatic carbocycles. The maximum atomic E-state index is 12.0. The third kappa shape index (κ3) is 3.99. The number of carbonyl (C=O) groups excluding carboxylic acids is 1. The molecule has 2 unspecified atom stereocenters. The molecule has 2 atom stereocenters. The molecule has 1 fully saturated rings. The summed E-state index contributed by atoms with van der Waals surface area (Å²) in [7, 11) is 0. The molecule has 5 nitrogen and oxygen atoms in total. The Balaban J connectivity index is 1.98. The second-order valence-electron chi connectivity index (χ2n) is 4.56. The minimum absolute atomic E-state index is 0.193. The van der Waals surface area contributed by atoms with Crippen LogP contribution in [0.25, 0.3) is 0 Å². The molecule has 0 amide bonds. The number of hydrogen-bond donors (Lipinski definition) is 1. The van der Waals surface area contributed by atoms with Crippen LogP contribution in [0.3, 0.4) is 0 Å². The van der Waals surface area contributed by atoms with Crippen molar-refractivity contribution in [2.24, 2.45) is 0 Å². The van der Waals surface area contributed by atoms with Crippen LogP contribution in [0.2, 0.25) is 0 Å². The van der Waals surface area contributed by atoms with Crippen molar-refractivity contribution in [2.75, 3.05) is 19.8 Å². The van der Waals surface area contributed by atoms with Gasteiger partial charge in [0.2, 0.25) is 0 Å². The van der Waals surface area contributed by atoms with Gasteiger partial charge in [-0.15, -0.1) is 11.3 Å². The van der Waals surface area contributed by atoms with Gasteiger partial charge in [0, 0.05) is 24.2 Å². The first-order valence-corrected chi connectivity index (χ1v) is 7.52. The van der Waals surface area contributed by atoms with Gasteiger partial charge in [0.25, 0.3) is 0 Å². The molecule has 0 bridgehead atoms. The largest absolute Gasteiger partial charge is 0.465 e. The Morgan fingerprint density at radius 1 is 1.74 bits per heavy atom. The van der Waals surface area contributed by atoms with E-state index in [0.717, 1.165) is 30.2 Å².